The van der Waals surface area contributed by atoms with Gasteiger partial charge in [0, 0.05) is 18.8 Å². The van der Waals surface area contributed by atoms with Crippen molar-refractivity contribution in [1.82, 2.24) is 14.5 Å². The highest BCUT2D eigenvalue weighted by Crippen LogP contribution is 2.16. The third-order valence-corrected chi connectivity index (χ3v) is 3.08. The van der Waals surface area contributed by atoms with E-state index in [4.69, 9.17) is 5.73 Å². The Balaban J connectivity index is 1.88. The summed E-state index contributed by atoms with van der Waals surface area (Å²) < 4.78 is 28.0. The highest BCUT2D eigenvalue weighted by Gasteiger charge is 2.09. The summed E-state index contributed by atoms with van der Waals surface area (Å²) in [6.45, 7) is 0.461. The Hall–Kier alpha value is -2.50. The second-order valence-electron chi connectivity index (χ2n) is 4.50. The van der Waals surface area contributed by atoms with E-state index in [1.165, 1.54) is 12.1 Å². The van der Waals surface area contributed by atoms with Crippen molar-refractivity contribution in [3.63, 3.8) is 0 Å². The molecule has 4 nitrogen and oxygen atoms in total. The molecular weight excluding hydrogens is 262 g/mol. The van der Waals surface area contributed by atoms with Crippen LogP contribution in [0.5, 0.6) is 0 Å². The molecule has 0 amide bonds. The smallest absolute Gasteiger partial charge is 0.202 e. The molecule has 6 heteroatoms. The van der Waals surface area contributed by atoms with Crippen LogP contribution in [0.15, 0.2) is 36.5 Å². The first-order chi connectivity index (χ1) is 9.63. The summed E-state index contributed by atoms with van der Waals surface area (Å²) in [6.07, 6.45) is 2.10. The first kappa shape index (κ1) is 12.5. The summed E-state index contributed by atoms with van der Waals surface area (Å²) in [6, 6.07) is 7.07. The van der Waals surface area contributed by atoms with Crippen molar-refractivity contribution in [2.45, 2.75) is 13.0 Å². The molecule has 0 bridgehead atoms. The predicted molar refractivity (Wildman–Crippen MR) is 72.0 cm³/mol. The van der Waals surface area contributed by atoms with Gasteiger partial charge in [0.25, 0.3) is 0 Å². The number of benzene rings is 1. The van der Waals surface area contributed by atoms with Crippen molar-refractivity contribution in [2.24, 2.45) is 0 Å². The molecule has 2 N–H and O–H groups in total. The fraction of sp³-hybridized carbons (Fsp3) is 0.143. The summed E-state index contributed by atoms with van der Waals surface area (Å²) >= 11 is 0. The number of hydrogen-bond acceptors (Lipinski definition) is 3. The predicted octanol–water partition coefficient (Wildman–Crippen LogP) is 2.53. The second kappa shape index (κ2) is 4.88. The Labute approximate surface area is 113 Å². The van der Waals surface area contributed by atoms with E-state index in [-0.39, 0.29) is 0 Å². The van der Waals surface area contributed by atoms with Crippen molar-refractivity contribution >= 4 is 17.1 Å². The molecule has 0 aliphatic heterocycles. The fourth-order valence-electron chi connectivity index (χ4n) is 2.19. The van der Waals surface area contributed by atoms with Crippen LogP contribution < -0.4 is 5.73 Å². The lowest BCUT2D eigenvalue weighted by Gasteiger charge is -2.06. The van der Waals surface area contributed by atoms with E-state index >= 15 is 0 Å². The molecule has 102 valence electrons. The minimum atomic E-state index is -0.582. The summed E-state index contributed by atoms with van der Waals surface area (Å²) in [4.78, 5) is 8.41. The van der Waals surface area contributed by atoms with Crippen LogP contribution in [-0.4, -0.2) is 14.5 Å². The molecule has 0 aliphatic carbocycles. The van der Waals surface area contributed by atoms with Crippen molar-refractivity contribution in [3.8, 4) is 0 Å². The highest BCUT2D eigenvalue weighted by molar-refractivity contribution is 5.73. The van der Waals surface area contributed by atoms with Crippen molar-refractivity contribution in [1.29, 1.82) is 0 Å². The van der Waals surface area contributed by atoms with Gasteiger partial charge >= 0.3 is 0 Å². The van der Waals surface area contributed by atoms with Crippen LogP contribution >= 0.6 is 0 Å². The number of nitrogens with two attached hydrogens (primary N) is 1. The molecule has 2 heterocycles. The molecule has 0 radical (unpaired) electrons. The zero-order valence-electron chi connectivity index (χ0n) is 10.6. The summed E-state index contributed by atoms with van der Waals surface area (Å²) in [7, 11) is 0. The third kappa shape index (κ3) is 2.32. The number of rotatable bonds is 3. The van der Waals surface area contributed by atoms with Crippen molar-refractivity contribution < 1.29 is 8.78 Å². The standard InChI is InChI=1S/C14H12F2N4/c15-10-6-9(7-11(16)8-10)3-5-20-13-12(19-14(20)17)2-1-4-18-13/h1-2,4,6-8H,3,5H2,(H2,17,19). The summed E-state index contributed by atoms with van der Waals surface area (Å²) in [5, 5.41) is 0. The molecule has 1 aromatic carbocycles. The Bertz CT molecular complexity index is 747. The van der Waals surface area contributed by atoms with Gasteiger partial charge in [-0.15, -0.1) is 0 Å². The lowest BCUT2D eigenvalue weighted by atomic mass is 10.1. The van der Waals surface area contributed by atoms with Gasteiger partial charge in [-0.3, -0.25) is 4.57 Å². The molecule has 3 aromatic rings. The maximum Gasteiger partial charge on any atom is 0.202 e. The number of aryl methyl sites for hydroxylation is 2. The number of imidazole rings is 1. The van der Waals surface area contributed by atoms with Gasteiger partial charge in [0.2, 0.25) is 5.95 Å². The van der Waals surface area contributed by atoms with E-state index in [0.29, 0.717) is 35.6 Å². The largest absolute Gasteiger partial charge is 0.369 e. The maximum absolute atomic E-state index is 13.1. The van der Waals surface area contributed by atoms with Crippen LogP contribution in [0.4, 0.5) is 14.7 Å². The van der Waals surface area contributed by atoms with Crippen LogP contribution in [0.1, 0.15) is 5.56 Å². The van der Waals surface area contributed by atoms with Gasteiger partial charge in [0.15, 0.2) is 5.65 Å². The molecule has 0 saturated carbocycles. The number of nitrogens with zero attached hydrogens (tertiary/aromatic N) is 3. The van der Waals surface area contributed by atoms with Crippen molar-refractivity contribution in [3.05, 3.63) is 53.7 Å². The molecule has 0 unspecified atom stereocenters. The average molecular weight is 274 g/mol. The lowest BCUT2D eigenvalue weighted by Crippen LogP contribution is -2.06. The van der Waals surface area contributed by atoms with Gasteiger partial charge in [0.1, 0.15) is 17.2 Å². The van der Waals surface area contributed by atoms with Gasteiger partial charge in [0.05, 0.1) is 0 Å². The van der Waals surface area contributed by atoms with Crippen LogP contribution in [0.3, 0.4) is 0 Å². The molecule has 20 heavy (non-hydrogen) atoms. The fourth-order valence-corrected chi connectivity index (χ4v) is 2.19. The first-order valence-corrected chi connectivity index (χ1v) is 6.15. The maximum atomic E-state index is 13.1. The van der Waals surface area contributed by atoms with Gasteiger partial charge in [-0.1, -0.05) is 0 Å². The number of pyridine rings is 1. The molecule has 0 spiro atoms. The zero-order chi connectivity index (χ0) is 14.1. The van der Waals surface area contributed by atoms with Crippen LogP contribution in [0.2, 0.25) is 0 Å². The summed E-state index contributed by atoms with van der Waals surface area (Å²) in [5.74, 6) is -0.821. The second-order valence-corrected chi connectivity index (χ2v) is 4.50. The van der Waals surface area contributed by atoms with Crippen LogP contribution in [-0.2, 0) is 13.0 Å². The number of halogens is 2. The van der Waals surface area contributed by atoms with E-state index in [0.717, 1.165) is 6.07 Å². The third-order valence-electron chi connectivity index (χ3n) is 3.08. The molecule has 0 atom stereocenters. The quantitative estimate of drug-likeness (QED) is 0.798. The number of hydrogen-bond donors (Lipinski definition) is 1. The van der Waals surface area contributed by atoms with Gasteiger partial charge in [-0.2, -0.15) is 0 Å². The monoisotopic (exact) mass is 274 g/mol. The average Bonchev–Trinajstić information content (AvgIpc) is 2.71. The Morgan fingerprint density at radius 1 is 1.15 bits per heavy atom. The van der Waals surface area contributed by atoms with Gasteiger partial charge in [-0.25, -0.2) is 18.7 Å². The minimum absolute atomic E-state index is 0.343. The van der Waals surface area contributed by atoms with E-state index in [1.807, 2.05) is 6.07 Å². The van der Waals surface area contributed by atoms with Crippen LogP contribution in [0.25, 0.3) is 11.2 Å². The van der Waals surface area contributed by atoms with E-state index in [2.05, 4.69) is 9.97 Å². The minimum Gasteiger partial charge on any atom is -0.369 e. The Morgan fingerprint density at radius 3 is 2.65 bits per heavy atom. The van der Waals surface area contributed by atoms with Gasteiger partial charge in [-0.05, 0) is 36.2 Å². The normalized spacial score (nSPS) is 11.1. The molecular formula is C14H12F2N4. The first-order valence-electron chi connectivity index (χ1n) is 6.15. The number of aromatic nitrogens is 3. The van der Waals surface area contributed by atoms with E-state index in [1.54, 1.807) is 16.8 Å². The van der Waals surface area contributed by atoms with E-state index in [9.17, 15) is 8.78 Å². The van der Waals surface area contributed by atoms with E-state index < -0.39 is 11.6 Å². The Kier molecular flexibility index (Phi) is 3.06. The van der Waals surface area contributed by atoms with Crippen LogP contribution in [0, 0.1) is 11.6 Å². The molecule has 2 aromatic heterocycles. The summed E-state index contributed by atoms with van der Waals surface area (Å²) in [5.41, 5.74) is 7.78. The number of nitrogen functional groups attached to an aromatic ring is 1. The zero-order valence-corrected chi connectivity index (χ0v) is 10.6. The number of fused-ring (bicyclic) bond motifs is 1. The van der Waals surface area contributed by atoms with Crippen molar-refractivity contribution in [2.75, 3.05) is 5.73 Å². The Morgan fingerprint density at radius 2 is 1.90 bits per heavy atom. The van der Waals surface area contributed by atoms with Gasteiger partial charge < -0.3 is 5.73 Å². The lowest BCUT2D eigenvalue weighted by molar-refractivity contribution is 0.577. The SMILES string of the molecule is Nc1nc2cccnc2n1CCc1cc(F)cc(F)c1. The topological polar surface area (TPSA) is 56.7 Å². The number of anilines is 1. The molecule has 0 aliphatic rings. The molecule has 0 fully saturated rings. The molecule has 3 rings (SSSR count). The molecule has 0 saturated heterocycles. The highest BCUT2D eigenvalue weighted by atomic mass is 19.1.